The summed E-state index contributed by atoms with van der Waals surface area (Å²) in [5.74, 6) is 2.95. The van der Waals surface area contributed by atoms with E-state index in [1.807, 2.05) is 20.8 Å². The molecule has 1 fully saturated rings. The van der Waals surface area contributed by atoms with E-state index in [1.165, 1.54) is 6.42 Å². The minimum absolute atomic E-state index is 0.122. The van der Waals surface area contributed by atoms with Crippen LogP contribution in [0.2, 0.25) is 0 Å². The maximum Gasteiger partial charge on any atom is 0.251 e. The molecular formula is C22H36N2O4. The monoisotopic (exact) mass is 392 g/mol. The Morgan fingerprint density at radius 2 is 1.54 bits per heavy atom. The number of likely N-dealkylation sites (tertiary alicyclic amines) is 1. The van der Waals surface area contributed by atoms with Crippen molar-refractivity contribution in [2.75, 3.05) is 46.0 Å². The quantitative estimate of drug-likeness (QED) is 0.659. The average molecular weight is 393 g/mol. The zero-order valence-corrected chi connectivity index (χ0v) is 18.0. The van der Waals surface area contributed by atoms with Crippen LogP contribution in [0.1, 0.15) is 51.4 Å². The van der Waals surface area contributed by atoms with Gasteiger partial charge in [-0.05, 0) is 51.2 Å². The molecule has 0 saturated carbocycles. The van der Waals surface area contributed by atoms with Gasteiger partial charge in [-0.25, -0.2) is 0 Å². The number of piperidine rings is 1. The lowest BCUT2D eigenvalue weighted by Gasteiger charge is -2.34. The first-order valence-electron chi connectivity index (χ1n) is 10.5. The number of amides is 1. The van der Waals surface area contributed by atoms with Crippen LogP contribution in [0, 0.1) is 11.8 Å². The van der Waals surface area contributed by atoms with E-state index in [2.05, 4.69) is 24.1 Å². The highest BCUT2D eigenvalue weighted by atomic mass is 16.5. The summed E-state index contributed by atoms with van der Waals surface area (Å²) in [6, 6.07) is 3.47. The number of carbonyl (C=O) groups excluding carboxylic acids is 1. The first kappa shape index (κ1) is 22.3. The number of nitrogens with zero attached hydrogens (tertiary/aromatic N) is 1. The van der Waals surface area contributed by atoms with Gasteiger partial charge in [0.1, 0.15) is 0 Å². The van der Waals surface area contributed by atoms with Gasteiger partial charge < -0.3 is 24.4 Å². The van der Waals surface area contributed by atoms with Gasteiger partial charge in [0.15, 0.2) is 11.5 Å². The van der Waals surface area contributed by atoms with Crippen LogP contribution in [0.3, 0.4) is 0 Å². The van der Waals surface area contributed by atoms with Gasteiger partial charge in [0.05, 0.1) is 19.8 Å². The molecule has 2 atom stereocenters. The van der Waals surface area contributed by atoms with Crippen molar-refractivity contribution in [3.63, 3.8) is 0 Å². The van der Waals surface area contributed by atoms with E-state index in [1.54, 1.807) is 12.1 Å². The SMILES string of the molecule is CCOc1cc(C(=O)NCCN2CC(C)CC(C)C2)cc(OCC)c1OCC. The third-order valence-corrected chi connectivity index (χ3v) is 4.83. The Hall–Kier alpha value is -1.95. The molecule has 1 aromatic carbocycles. The zero-order valence-electron chi connectivity index (χ0n) is 18.0. The summed E-state index contributed by atoms with van der Waals surface area (Å²) in [4.78, 5) is 15.2. The molecule has 1 aliphatic heterocycles. The van der Waals surface area contributed by atoms with Crippen LogP contribution < -0.4 is 19.5 Å². The van der Waals surface area contributed by atoms with Gasteiger partial charge in [-0.1, -0.05) is 13.8 Å². The molecule has 1 saturated heterocycles. The van der Waals surface area contributed by atoms with Crippen LogP contribution in [0.4, 0.5) is 0 Å². The molecule has 28 heavy (non-hydrogen) atoms. The van der Waals surface area contributed by atoms with Crippen LogP contribution in [0.25, 0.3) is 0 Å². The topological polar surface area (TPSA) is 60.0 Å². The summed E-state index contributed by atoms with van der Waals surface area (Å²) in [7, 11) is 0. The van der Waals surface area contributed by atoms with Crippen molar-refractivity contribution in [2.24, 2.45) is 11.8 Å². The molecule has 1 aromatic rings. The van der Waals surface area contributed by atoms with Crippen molar-refractivity contribution in [2.45, 2.75) is 41.0 Å². The summed E-state index contributed by atoms with van der Waals surface area (Å²) in [5.41, 5.74) is 0.524. The van der Waals surface area contributed by atoms with E-state index in [0.29, 0.717) is 61.0 Å². The number of rotatable bonds is 10. The molecule has 0 bridgehead atoms. The fourth-order valence-corrected chi connectivity index (χ4v) is 3.92. The van der Waals surface area contributed by atoms with Crippen molar-refractivity contribution in [1.82, 2.24) is 10.2 Å². The van der Waals surface area contributed by atoms with Gasteiger partial charge >= 0.3 is 0 Å². The molecule has 6 nitrogen and oxygen atoms in total. The van der Waals surface area contributed by atoms with Crippen LogP contribution >= 0.6 is 0 Å². The standard InChI is InChI=1S/C22H36N2O4/c1-6-26-19-12-18(13-20(27-7-2)21(19)28-8-3)22(25)23-9-10-24-14-16(4)11-17(5)15-24/h12-13,16-17H,6-11,14-15H2,1-5H3,(H,23,25). The second kappa shape index (κ2) is 11.1. The maximum absolute atomic E-state index is 12.7. The van der Waals surface area contributed by atoms with Gasteiger partial charge in [-0.2, -0.15) is 0 Å². The van der Waals surface area contributed by atoms with Gasteiger partial charge in [-0.15, -0.1) is 0 Å². The van der Waals surface area contributed by atoms with Gasteiger partial charge in [0.25, 0.3) is 5.91 Å². The number of hydrogen-bond acceptors (Lipinski definition) is 5. The van der Waals surface area contributed by atoms with E-state index in [9.17, 15) is 4.79 Å². The third-order valence-electron chi connectivity index (χ3n) is 4.83. The molecule has 1 aliphatic rings. The average Bonchev–Trinajstić information content (AvgIpc) is 2.63. The van der Waals surface area contributed by atoms with Crippen LogP contribution in [0.5, 0.6) is 17.2 Å². The normalized spacial score (nSPS) is 19.9. The van der Waals surface area contributed by atoms with Crippen LogP contribution in [-0.2, 0) is 0 Å². The number of carbonyl (C=O) groups is 1. The maximum atomic E-state index is 12.7. The lowest BCUT2D eigenvalue weighted by Crippen LogP contribution is -2.42. The summed E-state index contributed by atoms with van der Waals surface area (Å²) < 4.78 is 17.1. The third kappa shape index (κ3) is 6.30. The summed E-state index contributed by atoms with van der Waals surface area (Å²) in [6.45, 7) is 15.5. The Labute approximate surface area is 169 Å². The Balaban J connectivity index is 2.04. The zero-order chi connectivity index (χ0) is 20.5. The first-order valence-corrected chi connectivity index (χ1v) is 10.5. The summed E-state index contributed by atoms with van der Waals surface area (Å²) >= 11 is 0. The molecule has 6 heteroatoms. The Morgan fingerprint density at radius 3 is 2.04 bits per heavy atom. The van der Waals surface area contributed by atoms with Crippen molar-refractivity contribution in [3.8, 4) is 17.2 Å². The minimum Gasteiger partial charge on any atom is -0.490 e. The second-order valence-corrected chi connectivity index (χ2v) is 7.56. The minimum atomic E-state index is -0.122. The van der Waals surface area contributed by atoms with E-state index in [-0.39, 0.29) is 5.91 Å². The highest BCUT2D eigenvalue weighted by molar-refractivity contribution is 5.95. The van der Waals surface area contributed by atoms with Crippen molar-refractivity contribution in [3.05, 3.63) is 17.7 Å². The molecule has 2 unspecified atom stereocenters. The molecule has 1 N–H and O–H groups in total. The van der Waals surface area contributed by atoms with Crippen molar-refractivity contribution < 1.29 is 19.0 Å². The Morgan fingerprint density at radius 1 is 1.00 bits per heavy atom. The Bertz CT molecular complexity index is 598. The second-order valence-electron chi connectivity index (χ2n) is 7.56. The molecule has 2 rings (SSSR count). The number of hydrogen-bond donors (Lipinski definition) is 1. The van der Waals surface area contributed by atoms with Crippen molar-refractivity contribution in [1.29, 1.82) is 0 Å². The van der Waals surface area contributed by atoms with Gasteiger partial charge in [-0.3, -0.25) is 4.79 Å². The van der Waals surface area contributed by atoms with Crippen LogP contribution in [-0.4, -0.2) is 56.8 Å². The number of benzene rings is 1. The lowest BCUT2D eigenvalue weighted by atomic mass is 9.92. The molecule has 0 spiro atoms. The highest BCUT2D eigenvalue weighted by Gasteiger charge is 2.22. The molecular weight excluding hydrogens is 356 g/mol. The van der Waals surface area contributed by atoms with E-state index in [0.717, 1.165) is 19.6 Å². The lowest BCUT2D eigenvalue weighted by molar-refractivity contribution is 0.0935. The van der Waals surface area contributed by atoms with E-state index in [4.69, 9.17) is 14.2 Å². The first-order chi connectivity index (χ1) is 13.5. The molecule has 158 valence electrons. The van der Waals surface area contributed by atoms with Crippen molar-refractivity contribution >= 4 is 5.91 Å². The largest absolute Gasteiger partial charge is 0.490 e. The Kier molecular flexibility index (Phi) is 8.90. The summed E-state index contributed by atoms with van der Waals surface area (Å²) in [6.07, 6.45) is 1.29. The predicted molar refractivity (Wildman–Crippen MR) is 112 cm³/mol. The highest BCUT2D eigenvalue weighted by Crippen LogP contribution is 2.39. The van der Waals surface area contributed by atoms with Gasteiger partial charge in [0.2, 0.25) is 5.75 Å². The fourth-order valence-electron chi connectivity index (χ4n) is 3.92. The predicted octanol–water partition coefficient (Wildman–Crippen LogP) is 3.59. The molecule has 1 amide bonds. The van der Waals surface area contributed by atoms with E-state index < -0.39 is 0 Å². The smallest absolute Gasteiger partial charge is 0.251 e. The molecule has 0 radical (unpaired) electrons. The fraction of sp³-hybridized carbons (Fsp3) is 0.682. The number of ether oxygens (including phenoxy) is 3. The molecule has 0 aromatic heterocycles. The molecule has 0 aliphatic carbocycles. The summed E-state index contributed by atoms with van der Waals surface area (Å²) in [5, 5.41) is 3.03. The molecule has 1 heterocycles. The van der Waals surface area contributed by atoms with E-state index >= 15 is 0 Å². The van der Waals surface area contributed by atoms with Gasteiger partial charge in [0, 0.05) is 31.7 Å². The number of nitrogens with one attached hydrogen (secondary N) is 1. The van der Waals surface area contributed by atoms with Crippen LogP contribution in [0.15, 0.2) is 12.1 Å².